The summed E-state index contributed by atoms with van der Waals surface area (Å²) in [5, 5.41) is 3.94. The summed E-state index contributed by atoms with van der Waals surface area (Å²) in [7, 11) is 5.82. The maximum atomic E-state index is 12.8. The Morgan fingerprint density at radius 2 is 1.49 bits per heavy atom. The van der Waals surface area contributed by atoms with Gasteiger partial charge in [-0.05, 0) is 54.4 Å². The predicted octanol–water partition coefficient (Wildman–Crippen LogP) is 3.78. The average Bonchev–Trinajstić information content (AvgIpc) is 2.92. The first-order valence-electron chi connectivity index (χ1n) is 11.1. The molecular formula is C27H28N2O8. The van der Waals surface area contributed by atoms with Crippen molar-refractivity contribution in [2.45, 2.75) is 6.92 Å². The highest BCUT2D eigenvalue weighted by Crippen LogP contribution is 2.38. The number of benzene rings is 3. The zero-order valence-corrected chi connectivity index (χ0v) is 21.2. The standard InChI is InChI=1S/C27H28N2O8/c1-17-8-6-7-9-20(17)36-16-25(30)29-28-15-18-10-11-21(22(12-18)32-2)37-27(31)19-13-23(33-3)26(35-5)24(14-19)34-4/h6-15H,16H2,1-5H3,(H,29,30)/b28-15+. The number of para-hydroxylation sites is 1. The molecule has 0 heterocycles. The summed E-state index contributed by atoms with van der Waals surface area (Å²) in [6.45, 7) is 1.71. The van der Waals surface area contributed by atoms with Crippen LogP contribution in [0, 0.1) is 6.92 Å². The van der Waals surface area contributed by atoms with Crippen LogP contribution in [0.4, 0.5) is 0 Å². The molecule has 0 spiro atoms. The number of nitrogens with zero attached hydrogens (tertiary/aromatic N) is 1. The van der Waals surface area contributed by atoms with Crippen molar-refractivity contribution in [1.82, 2.24) is 5.43 Å². The van der Waals surface area contributed by atoms with Gasteiger partial charge in [0.1, 0.15) is 5.75 Å². The van der Waals surface area contributed by atoms with Gasteiger partial charge in [0.05, 0.1) is 40.2 Å². The highest BCUT2D eigenvalue weighted by atomic mass is 16.6. The molecule has 3 aromatic rings. The molecule has 0 atom stereocenters. The number of ether oxygens (including phenoxy) is 6. The molecule has 194 valence electrons. The second-order valence-corrected chi connectivity index (χ2v) is 7.56. The van der Waals surface area contributed by atoms with E-state index in [4.69, 9.17) is 28.4 Å². The van der Waals surface area contributed by atoms with Crippen LogP contribution >= 0.6 is 0 Å². The van der Waals surface area contributed by atoms with Crippen molar-refractivity contribution >= 4 is 18.1 Å². The minimum atomic E-state index is -0.653. The number of hydrogen-bond acceptors (Lipinski definition) is 9. The van der Waals surface area contributed by atoms with E-state index >= 15 is 0 Å². The number of methoxy groups -OCH3 is 4. The lowest BCUT2D eigenvalue weighted by molar-refractivity contribution is -0.123. The Labute approximate surface area is 214 Å². The molecule has 0 saturated heterocycles. The van der Waals surface area contributed by atoms with Crippen LogP contribution in [0.5, 0.6) is 34.5 Å². The van der Waals surface area contributed by atoms with Crippen molar-refractivity contribution in [2.75, 3.05) is 35.0 Å². The van der Waals surface area contributed by atoms with Crippen molar-refractivity contribution < 1.29 is 38.0 Å². The molecule has 0 aromatic heterocycles. The smallest absolute Gasteiger partial charge is 0.343 e. The normalized spacial score (nSPS) is 10.5. The fraction of sp³-hybridized carbons (Fsp3) is 0.222. The summed E-state index contributed by atoms with van der Waals surface area (Å²) in [6.07, 6.45) is 1.43. The zero-order chi connectivity index (χ0) is 26.8. The first-order chi connectivity index (χ1) is 17.9. The van der Waals surface area contributed by atoms with Gasteiger partial charge in [0.2, 0.25) is 5.75 Å². The minimum absolute atomic E-state index is 0.179. The van der Waals surface area contributed by atoms with E-state index in [1.165, 1.54) is 46.8 Å². The van der Waals surface area contributed by atoms with Gasteiger partial charge in [0, 0.05) is 0 Å². The second kappa shape index (κ2) is 12.8. The fourth-order valence-corrected chi connectivity index (χ4v) is 3.28. The Bertz CT molecular complexity index is 1260. The zero-order valence-electron chi connectivity index (χ0n) is 21.2. The van der Waals surface area contributed by atoms with Crippen molar-refractivity contribution in [1.29, 1.82) is 0 Å². The number of nitrogens with one attached hydrogen (secondary N) is 1. The molecule has 0 unspecified atom stereocenters. The number of rotatable bonds is 11. The summed E-state index contributed by atoms with van der Waals surface area (Å²) in [5.74, 6) is 1.03. The SMILES string of the molecule is COc1cc(/C=N/NC(=O)COc2ccccc2C)ccc1OC(=O)c1cc(OC)c(OC)c(OC)c1. The van der Waals surface area contributed by atoms with E-state index in [1.54, 1.807) is 24.3 Å². The van der Waals surface area contributed by atoms with E-state index in [0.717, 1.165) is 5.56 Å². The van der Waals surface area contributed by atoms with Gasteiger partial charge in [-0.15, -0.1) is 0 Å². The molecular weight excluding hydrogens is 480 g/mol. The topological polar surface area (TPSA) is 114 Å². The number of hydrazone groups is 1. The van der Waals surface area contributed by atoms with Crippen LogP contribution in [-0.2, 0) is 4.79 Å². The summed E-state index contributed by atoms with van der Waals surface area (Å²) >= 11 is 0. The molecule has 10 nitrogen and oxygen atoms in total. The molecule has 3 aromatic carbocycles. The van der Waals surface area contributed by atoms with Crippen LogP contribution in [-0.4, -0.2) is 53.1 Å². The Balaban J connectivity index is 1.65. The molecule has 1 N–H and O–H groups in total. The van der Waals surface area contributed by atoms with Gasteiger partial charge in [0.25, 0.3) is 5.91 Å². The lowest BCUT2D eigenvalue weighted by Crippen LogP contribution is -2.24. The molecule has 37 heavy (non-hydrogen) atoms. The molecule has 1 amide bonds. The van der Waals surface area contributed by atoms with Crippen molar-refractivity contribution in [2.24, 2.45) is 5.10 Å². The van der Waals surface area contributed by atoms with Gasteiger partial charge in [-0.2, -0.15) is 5.10 Å². The third-order valence-corrected chi connectivity index (χ3v) is 5.15. The van der Waals surface area contributed by atoms with Crippen LogP contribution < -0.4 is 33.8 Å². The lowest BCUT2D eigenvalue weighted by atomic mass is 10.1. The van der Waals surface area contributed by atoms with Crippen LogP contribution in [0.2, 0.25) is 0 Å². The van der Waals surface area contributed by atoms with Crippen LogP contribution in [0.3, 0.4) is 0 Å². The van der Waals surface area contributed by atoms with Gasteiger partial charge in [-0.3, -0.25) is 4.79 Å². The third-order valence-electron chi connectivity index (χ3n) is 5.15. The summed E-state index contributed by atoms with van der Waals surface area (Å²) in [4.78, 5) is 24.8. The predicted molar refractivity (Wildman–Crippen MR) is 136 cm³/mol. The van der Waals surface area contributed by atoms with Crippen LogP contribution in [0.25, 0.3) is 0 Å². The maximum Gasteiger partial charge on any atom is 0.343 e. The molecule has 0 saturated carbocycles. The fourth-order valence-electron chi connectivity index (χ4n) is 3.28. The van der Waals surface area contributed by atoms with Gasteiger partial charge < -0.3 is 28.4 Å². The molecule has 0 aliphatic rings. The Morgan fingerprint density at radius 1 is 0.811 bits per heavy atom. The number of esters is 1. The summed E-state index contributed by atoms with van der Waals surface area (Å²) in [6, 6.07) is 15.2. The number of carbonyl (C=O) groups excluding carboxylic acids is 2. The number of carbonyl (C=O) groups is 2. The minimum Gasteiger partial charge on any atom is -0.493 e. The van der Waals surface area contributed by atoms with Gasteiger partial charge in [0.15, 0.2) is 29.6 Å². The van der Waals surface area contributed by atoms with E-state index in [2.05, 4.69) is 10.5 Å². The largest absolute Gasteiger partial charge is 0.493 e. The number of aryl methyl sites for hydroxylation is 1. The van der Waals surface area contributed by atoms with Crippen molar-refractivity contribution in [3.63, 3.8) is 0 Å². The van der Waals surface area contributed by atoms with E-state index in [0.29, 0.717) is 34.3 Å². The summed E-state index contributed by atoms with van der Waals surface area (Å²) in [5.41, 5.74) is 4.12. The number of amides is 1. The lowest BCUT2D eigenvalue weighted by Gasteiger charge is -2.14. The van der Waals surface area contributed by atoms with Crippen LogP contribution in [0.15, 0.2) is 59.7 Å². The maximum absolute atomic E-state index is 12.8. The van der Waals surface area contributed by atoms with Crippen molar-refractivity contribution in [3.8, 4) is 34.5 Å². The van der Waals surface area contributed by atoms with E-state index in [1.807, 2.05) is 25.1 Å². The Kier molecular flexibility index (Phi) is 9.31. The van der Waals surface area contributed by atoms with E-state index in [9.17, 15) is 9.59 Å². The highest BCUT2D eigenvalue weighted by Gasteiger charge is 2.19. The first kappa shape index (κ1) is 26.9. The molecule has 0 bridgehead atoms. The van der Waals surface area contributed by atoms with Crippen molar-refractivity contribution in [3.05, 3.63) is 71.3 Å². The monoisotopic (exact) mass is 508 g/mol. The molecule has 3 rings (SSSR count). The van der Waals surface area contributed by atoms with Gasteiger partial charge in [-0.1, -0.05) is 18.2 Å². The van der Waals surface area contributed by atoms with E-state index < -0.39 is 11.9 Å². The third kappa shape index (κ3) is 6.91. The molecule has 0 fully saturated rings. The quantitative estimate of drug-likeness (QED) is 0.180. The first-order valence-corrected chi connectivity index (χ1v) is 11.1. The molecule has 0 aliphatic heterocycles. The van der Waals surface area contributed by atoms with Gasteiger partial charge in [-0.25, -0.2) is 10.2 Å². The highest BCUT2D eigenvalue weighted by molar-refractivity contribution is 5.93. The second-order valence-electron chi connectivity index (χ2n) is 7.56. The van der Waals surface area contributed by atoms with Gasteiger partial charge >= 0.3 is 5.97 Å². The molecule has 0 radical (unpaired) electrons. The Hall–Kier alpha value is -4.73. The summed E-state index contributed by atoms with van der Waals surface area (Å²) < 4.78 is 32.2. The van der Waals surface area contributed by atoms with Crippen LogP contribution in [0.1, 0.15) is 21.5 Å². The average molecular weight is 509 g/mol. The Morgan fingerprint density at radius 3 is 2.11 bits per heavy atom. The molecule has 10 heteroatoms. The van der Waals surface area contributed by atoms with E-state index in [-0.39, 0.29) is 17.9 Å². The molecule has 0 aliphatic carbocycles. The number of hydrogen-bond donors (Lipinski definition) is 1.